The summed E-state index contributed by atoms with van der Waals surface area (Å²) in [6.45, 7) is -0.116. The Labute approximate surface area is 180 Å². The highest BCUT2D eigenvalue weighted by Crippen LogP contribution is 2.19. The number of aromatic nitrogens is 2. The van der Waals surface area contributed by atoms with Crippen LogP contribution in [0.5, 0.6) is 5.75 Å². The highest BCUT2D eigenvalue weighted by atomic mass is 16.5. The Kier molecular flexibility index (Phi) is 6.03. The molecule has 0 radical (unpaired) electrons. The number of nitrogens with zero attached hydrogens (tertiary/aromatic N) is 2. The van der Waals surface area contributed by atoms with Gasteiger partial charge >= 0.3 is 0 Å². The second kappa shape index (κ2) is 9.22. The molecule has 0 amide bonds. The first-order valence-corrected chi connectivity index (χ1v) is 10.0. The van der Waals surface area contributed by atoms with Crippen LogP contribution in [0.1, 0.15) is 21.5 Å². The number of rotatable bonds is 7. The molecule has 3 aromatic carbocycles. The van der Waals surface area contributed by atoms with Gasteiger partial charge < -0.3 is 4.74 Å². The lowest BCUT2D eigenvalue weighted by molar-refractivity contribution is 0.0965. The lowest BCUT2D eigenvalue weighted by Crippen LogP contribution is -2.30. The molecule has 0 aliphatic rings. The van der Waals surface area contributed by atoms with Crippen LogP contribution in [0.4, 0.5) is 0 Å². The van der Waals surface area contributed by atoms with E-state index in [2.05, 4.69) is 5.10 Å². The number of carbonyl (C=O) groups is 1. The zero-order chi connectivity index (χ0) is 21.6. The van der Waals surface area contributed by atoms with Gasteiger partial charge in [-0.1, -0.05) is 72.8 Å². The van der Waals surface area contributed by atoms with Crippen LogP contribution in [0.3, 0.4) is 0 Å². The van der Waals surface area contributed by atoms with Gasteiger partial charge in [0, 0.05) is 23.1 Å². The highest BCUT2D eigenvalue weighted by Gasteiger charge is 2.14. The quantitative estimate of drug-likeness (QED) is 0.424. The molecule has 154 valence electrons. The number of Topliss-reactive ketones (excluding diaryl/α,β-unsaturated/α-hetero) is 1. The van der Waals surface area contributed by atoms with E-state index < -0.39 is 0 Å². The van der Waals surface area contributed by atoms with Crippen molar-refractivity contribution in [3.63, 3.8) is 0 Å². The number of methoxy groups -OCH3 is 1. The van der Waals surface area contributed by atoms with Crippen LogP contribution in [0.15, 0.2) is 95.8 Å². The van der Waals surface area contributed by atoms with Crippen LogP contribution in [0.2, 0.25) is 0 Å². The zero-order valence-corrected chi connectivity index (χ0v) is 17.2. The van der Waals surface area contributed by atoms with Crippen LogP contribution in [-0.2, 0) is 13.0 Å². The average Bonchev–Trinajstić information content (AvgIpc) is 2.82. The third-order valence-corrected chi connectivity index (χ3v) is 5.04. The number of hydrogen-bond donors (Lipinski definition) is 0. The van der Waals surface area contributed by atoms with Crippen molar-refractivity contribution in [2.45, 2.75) is 13.0 Å². The SMILES string of the molecule is COc1cccc(Cc2cc(-c3ccccc3)nn(CC(=O)c3ccccc3)c2=O)c1. The van der Waals surface area contributed by atoms with Crippen LogP contribution in [0, 0.1) is 0 Å². The second-order valence-corrected chi connectivity index (χ2v) is 7.20. The van der Waals surface area contributed by atoms with Gasteiger partial charge in [-0.25, -0.2) is 4.68 Å². The molecule has 5 heteroatoms. The maximum absolute atomic E-state index is 13.2. The largest absolute Gasteiger partial charge is 0.497 e. The summed E-state index contributed by atoms with van der Waals surface area (Å²) in [6.07, 6.45) is 0.415. The molecular weight excluding hydrogens is 388 g/mol. The second-order valence-electron chi connectivity index (χ2n) is 7.20. The van der Waals surface area contributed by atoms with Crippen molar-refractivity contribution in [1.29, 1.82) is 0 Å². The molecule has 4 aromatic rings. The molecule has 0 N–H and O–H groups in total. The summed E-state index contributed by atoms with van der Waals surface area (Å²) in [5, 5.41) is 4.50. The van der Waals surface area contributed by atoms with E-state index in [1.54, 1.807) is 37.4 Å². The van der Waals surface area contributed by atoms with Crippen molar-refractivity contribution in [2.24, 2.45) is 0 Å². The summed E-state index contributed by atoms with van der Waals surface area (Å²) in [7, 11) is 1.61. The van der Waals surface area contributed by atoms with Crippen LogP contribution in [-0.4, -0.2) is 22.7 Å². The predicted molar refractivity (Wildman–Crippen MR) is 121 cm³/mol. The molecule has 0 fully saturated rings. The Morgan fingerprint density at radius 1 is 0.903 bits per heavy atom. The molecular formula is C26H22N2O3. The van der Waals surface area contributed by atoms with Gasteiger partial charge in [-0.3, -0.25) is 9.59 Å². The minimum atomic E-state index is -0.271. The molecule has 0 spiro atoms. The number of benzene rings is 3. The topological polar surface area (TPSA) is 61.2 Å². The Bertz CT molecular complexity index is 1250. The van der Waals surface area contributed by atoms with Crippen molar-refractivity contribution >= 4 is 5.78 Å². The van der Waals surface area contributed by atoms with E-state index in [9.17, 15) is 9.59 Å². The van der Waals surface area contributed by atoms with Crippen molar-refractivity contribution in [3.8, 4) is 17.0 Å². The normalized spacial score (nSPS) is 10.6. The summed E-state index contributed by atoms with van der Waals surface area (Å²) < 4.78 is 6.57. The molecule has 31 heavy (non-hydrogen) atoms. The number of ketones is 1. The highest BCUT2D eigenvalue weighted by molar-refractivity contribution is 5.95. The number of hydrogen-bond acceptors (Lipinski definition) is 4. The average molecular weight is 410 g/mol. The van der Waals surface area contributed by atoms with Gasteiger partial charge in [0.05, 0.1) is 12.8 Å². The molecule has 0 unspecified atom stereocenters. The Balaban J connectivity index is 1.75. The number of carbonyl (C=O) groups excluding carboxylic acids is 1. The van der Waals surface area contributed by atoms with E-state index in [0.717, 1.165) is 16.9 Å². The molecule has 0 saturated carbocycles. The Morgan fingerprint density at radius 2 is 1.61 bits per heavy atom. The van der Waals surface area contributed by atoms with Gasteiger partial charge in [0.15, 0.2) is 5.78 Å². The Morgan fingerprint density at radius 3 is 2.32 bits per heavy atom. The van der Waals surface area contributed by atoms with Gasteiger partial charge in [-0.2, -0.15) is 5.10 Å². The Hall–Kier alpha value is -3.99. The first-order chi connectivity index (χ1) is 15.1. The van der Waals surface area contributed by atoms with Gasteiger partial charge in [0.25, 0.3) is 5.56 Å². The summed E-state index contributed by atoms with van der Waals surface area (Å²) in [5.41, 5.74) is 3.34. The third-order valence-electron chi connectivity index (χ3n) is 5.04. The minimum absolute atomic E-state index is 0.116. The molecule has 0 atom stereocenters. The van der Waals surface area contributed by atoms with Gasteiger partial charge in [0.2, 0.25) is 0 Å². The molecule has 5 nitrogen and oxygen atoms in total. The van der Waals surface area contributed by atoms with E-state index in [4.69, 9.17) is 4.74 Å². The van der Waals surface area contributed by atoms with E-state index in [0.29, 0.717) is 23.2 Å². The van der Waals surface area contributed by atoms with Crippen molar-refractivity contribution < 1.29 is 9.53 Å². The molecule has 1 aromatic heterocycles. The maximum Gasteiger partial charge on any atom is 0.270 e. The van der Waals surface area contributed by atoms with Crippen molar-refractivity contribution in [2.75, 3.05) is 7.11 Å². The summed E-state index contributed by atoms with van der Waals surface area (Å²) >= 11 is 0. The molecule has 0 aliphatic heterocycles. The maximum atomic E-state index is 13.2. The van der Waals surface area contributed by atoms with Crippen molar-refractivity contribution in [3.05, 3.63) is 118 Å². The molecule has 0 aliphatic carbocycles. The number of ether oxygens (including phenoxy) is 1. The lowest BCUT2D eigenvalue weighted by atomic mass is 10.0. The van der Waals surface area contributed by atoms with Crippen LogP contribution < -0.4 is 10.3 Å². The molecule has 0 bridgehead atoms. The standard InChI is InChI=1S/C26H22N2O3/c1-31-23-14-8-9-19(16-23)15-22-17-24(20-10-4-2-5-11-20)27-28(26(22)30)18-25(29)21-12-6-3-7-13-21/h2-14,16-17H,15,18H2,1H3. The fourth-order valence-corrected chi connectivity index (χ4v) is 3.43. The van der Waals surface area contributed by atoms with Gasteiger partial charge in [-0.15, -0.1) is 0 Å². The van der Waals surface area contributed by atoms with E-state index in [1.165, 1.54) is 4.68 Å². The fourth-order valence-electron chi connectivity index (χ4n) is 3.43. The van der Waals surface area contributed by atoms with Gasteiger partial charge in [0.1, 0.15) is 12.3 Å². The van der Waals surface area contributed by atoms with E-state index in [-0.39, 0.29) is 17.9 Å². The summed E-state index contributed by atoms with van der Waals surface area (Å²) in [4.78, 5) is 25.9. The zero-order valence-electron chi connectivity index (χ0n) is 17.2. The molecule has 1 heterocycles. The van der Waals surface area contributed by atoms with E-state index in [1.807, 2.05) is 60.7 Å². The molecule has 4 rings (SSSR count). The lowest BCUT2D eigenvalue weighted by Gasteiger charge is -2.11. The monoisotopic (exact) mass is 410 g/mol. The van der Waals surface area contributed by atoms with Crippen molar-refractivity contribution in [1.82, 2.24) is 9.78 Å². The molecule has 0 saturated heterocycles. The third kappa shape index (κ3) is 4.78. The van der Waals surface area contributed by atoms with Gasteiger partial charge in [-0.05, 0) is 23.8 Å². The van der Waals surface area contributed by atoms with Crippen LogP contribution in [0.25, 0.3) is 11.3 Å². The summed E-state index contributed by atoms with van der Waals surface area (Å²) in [6, 6.07) is 28.0. The first-order valence-electron chi connectivity index (χ1n) is 10.0. The first kappa shape index (κ1) is 20.3. The minimum Gasteiger partial charge on any atom is -0.497 e. The fraction of sp³-hybridized carbons (Fsp3) is 0.115. The predicted octanol–water partition coefficient (Wildman–Crippen LogP) is 4.39. The summed E-state index contributed by atoms with van der Waals surface area (Å²) in [5.74, 6) is 0.571. The van der Waals surface area contributed by atoms with Crippen LogP contribution >= 0.6 is 0 Å². The van der Waals surface area contributed by atoms with E-state index >= 15 is 0 Å². The smallest absolute Gasteiger partial charge is 0.270 e.